The number of benzene rings is 2. The zero-order chi connectivity index (χ0) is 15.7. The highest BCUT2D eigenvalue weighted by atomic mass is 127. The first-order chi connectivity index (χ1) is 10.5. The number of nitrogens with one attached hydrogen (secondary N) is 1. The summed E-state index contributed by atoms with van der Waals surface area (Å²) in [6.45, 7) is 0. The van der Waals surface area contributed by atoms with Gasteiger partial charge in [-0.1, -0.05) is 22.0 Å². The molecule has 0 atom stereocenters. The van der Waals surface area contributed by atoms with E-state index in [0.29, 0.717) is 16.7 Å². The van der Waals surface area contributed by atoms with Gasteiger partial charge in [-0.05, 0) is 65.1 Å². The van der Waals surface area contributed by atoms with E-state index in [1.165, 1.54) is 6.07 Å². The van der Waals surface area contributed by atoms with Crippen molar-refractivity contribution in [1.29, 1.82) is 0 Å². The number of carbonyl (C=O) groups excluding carboxylic acids is 1. The van der Waals surface area contributed by atoms with Crippen LogP contribution < -0.4 is 10.9 Å². The van der Waals surface area contributed by atoms with Crippen molar-refractivity contribution in [2.24, 2.45) is 0 Å². The summed E-state index contributed by atoms with van der Waals surface area (Å²) < 4.78 is 7.03. The molecule has 0 fully saturated rings. The topological polar surface area (TPSA) is 59.3 Å². The Morgan fingerprint density at radius 1 is 1.14 bits per heavy atom. The third-order valence-electron chi connectivity index (χ3n) is 3.02. The molecule has 0 saturated carbocycles. The predicted molar refractivity (Wildman–Crippen MR) is 97.3 cm³/mol. The summed E-state index contributed by atoms with van der Waals surface area (Å²) >= 11 is 5.50. The van der Waals surface area contributed by atoms with E-state index in [-0.39, 0.29) is 5.56 Å². The van der Waals surface area contributed by atoms with Gasteiger partial charge in [-0.2, -0.15) is 0 Å². The number of fused-ring (bicyclic) bond motifs is 1. The Hall–Kier alpha value is -1.67. The maximum Gasteiger partial charge on any atom is 0.349 e. The maximum atomic E-state index is 12.3. The van der Waals surface area contributed by atoms with Gasteiger partial charge in [-0.15, -0.1) is 0 Å². The molecular formula is C16H9BrINO3. The molecule has 0 radical (unpaired) electrons. The smallest absolute Gasteiger partial charge is 0.349 e. The highest BCUT2D eigenvalue weighted by molar-refractivity contribution is 14.1. The first kappa shape index (κ1) is 15.2. The minimum Gasteiger partial charge on any atom is -0.422 e. The Bertz CT molecular complexity index is 936. The summed E-state index contributed by atoms with van der Waals surface area (Å²) in [6.07, 6.45) is 0. The third-order valence-corrected chi connectivity index (χ3v) is 4.19. The van der Waals surface area contributed by atoms with Gasteiger partial charge in [0.25, 0.3) is 5.91 Å². The quantitative estimate of drug-likeness (QED) is 0.446. The van der Waals surface area contributed by atoms with Gasteiger partial charge in [-0.25, -0.2) is 4.79 Å². The van der Waals surface area contributed by atoms with Crippen molar-refractivity contribution in [3.05, 3.63) is 72.6 Å². The summed E-state index contributed by atoms with van der Waals surface area (Å²) in [5.41, 5.74) is 0.395. The van der Waals surface area contributed by atoms with Crippen LogP contribution in [0.15, 0.2) is 62.2 Å². The van der Waals surface area contributed by atoms with Crippen molar-refractivity contribution in [3.8, 4) is 0 Å². The minimum atomic E-state index is -0.655. The number of anilines is 1. The molecule has 3 rings (SSSR count). The number of rotatable bonds is 2. The van der Waals surface area contributed by atoms with Gasteiger partial charge in [0, 0.05) is 19.1 Å². The van der Waals surface area contributed by atoms with Crippen LogP contribution in [0.2, 0.25) is 0 Å². The Kier molecular flexibility index (Phi) is 4.30. The first-order valence-corrected chi connectivity index (χ1v) is 8.20. The van der Waals surface area contributed by atoms with Crippen LogP contribution in [-0.2, 0) is 0 Å². The standard InChI is InChI=1S/C16H9BrINO3/c17-10-4-5-14-9(6-10)7-13(16(21)22-14)15(20)19-12-3-1-2-11(18)8-12/h1-8H,(H,19,20). The van der Waals surface area contributed by atoms with Gasteiger partial charge in [0.2, 0.25) is 0 Å². The lowest BCUT2D eigenvalue weighted by atomic mass is 10.1. The number of halogens is 2. The van der Waals surface area contributed by atoms with Gasteiger partial charge in [-0.3, -0.25) is 4.79 Å². The Balaban J connectivity index is 2.00. The summed E-state index contributed by atoms with van der Waals surface area (Å²) in [5, 5.41) is 3.39. The Labute approximate surface area is 147 Å². The van der Waals surface area contributed by atoms with E-state index in [1.54, 1.807) is 24.3 Å². The molecule has 1 amide bonds. The molecule has 1 N–H and O–H groups in total. The SMILES string of the molecule is O=C(Nc1cccc(I)c1)c1cc2cc(Br)ccc2oc1=O. The molecule has 0 aliphatic carbocycles. The summed E-state index contributed by atoms with van der Waals surface area (Å²) in [6, 6.07) is 14.1. The van der Waals surface area contributed by atoms with Crippen LogP contribution >= 0.6 is 38.5 Å². The van der Waals surface area contributed by atoms with Crippen LogP contribution in [0.4, 0.5) is 5.69 Å². The summed E-state index contributed by atoms with van der Waals surface area (Å²) in [5.74, 6) is -0.488. The summed E-state index contributed by atoms with van der Waals surface area (Å²) in [7, 11) is 0. The fraction of sp³-hybridized carbons (Fsp3) is 0. The average molecular weight is 470 g/mol. The van der Waals surface area contributed by atoms with Gasteiger partial charge in [0.1, 0.15) is 11.1 Å². The molecule has 0 aliphatic heterocycles. The van der Waals surface area contributed by atoms with E-state index >= 15 is 0 Å². The first-order valence-electron chi connectivity index (χ1n) is 6.33. The lowest BCUT2D eigenvalue weighted by Crippen LogP contribution is -2.20. The number of hydrogen-bond donors (Lipinski definition) is 1. The zero-order valence-electron chi connectivity index (χ0n) is 11.1. The zero-order valence-corrected chi connectivity index (χ0v) is 14.8. The fourth-order valence-corrected chi connectivity index (χ4v) is 2.94. The van der Waals surface area contributed by atoms with Crippen LogP contribution in [0.3, 0.4) is 0 Å². The molecule has 6 heteroatoms. The van der Waals surface area contributed by atoms with Crippen LogP contribution in [0.1, 0.15) is 10.4 Å². The molecule has 2 aromatic carbocycles. The van der Waals surface area contributed by atoms with E-state index in [1.807, 2.05) is 18.2 Å². The highest BCUT2D eigenvalue weighted by Crippen LogP contribution is 2.20. The molecule has 110 valence electrons. The third kappa shape index (κ3) is 3.22. The monoisotopic (exact) mass is 469 g/mol. The van der Waals surface area contributed by atoms with Gasteiger partial charge < -0.3 is 9.73 Å². The largest absolute Gasteiger partial charge is 0.422 e. The van der Waals surface area contributed by atoms with Crippen LogP contribution in [-0.4, -0.2) is 5.91 Å². The number of carbonyl (C=O) groups is 1. The number of hydrogen-bond acceptors (Lipinski definition) is 3. The molecule has 22 heavy (non-hydrogen) atoms. The second-order valence-corrected chi connectivity index (χ2v) is 6.76. The van der Waals surface area contributed by atoms with E-state index in [0.717, 1.165) is 8.04 Å². The molecule has 1 heterocycles. The minimum absolute atomic E-state index is 0.0236. The molecule has 0 spiro atoms. The van der Waals surface area contributed by atoms with Crippen molar-refractivity contribution in [2.45, 2.75) is 0 Å². The second kappa shape index (κ2) is 6.21. The normalized spacial score (nSPS) is 10.6. The van der Waals surface area contributed by atoms with Crippen molar-refractivity contribution >= 4 is 61.1 Å². The van der Waals surface area contributed by atoms with Crippen LogP contribution in [0.25, 0.3) is 11.0 Å². The molecule has 0 unspecified atom stereocenters. The molecule has 3 aromatic rings. The van der Waals surface area contributed by atoms with E-state index in [4.69, 9.17) is 4.42 Å². The van der Waals surface area contributed by atoms with Crippen molar-refractivity contribution < 1.29 is 9.21 Å². The Morgan fingerprint density at radius 2 is 1.95 bits per heavy atom. The molecule has 1 aromatic heterocycles. The molecule has 0 aliphatic rings. The average Bonchev–Trinajstić information content (AvgIpc) is 2.47. The van der Waals surface area contributed by atoms with E-state index in [2.05, 4.69) is 43.8 Å². The van der Waals surface area contributed by atoms with E-state index in [9.17, 15) is 9.59 Å². The lowest BCUT2D eigenvalue weighted by molar-refractivity contribution is 0.102. The van der Waals surface area contributed by atoms with Gasteiger partial charge in [0.05, 0.1) is 0 Å². The van der Waals surface area contributed by atoms with Crippen LogP contribution in [0.5, 0.6) is 0 Å². The lowest BCUT2D eigenvalue weighted by Gasteiger charge is -2.06. The second-order valence-electron chi connectivity index (χ2n) is 4.59. The fourth-order valence-electron chi connectivity index (χ4n) is 2.02. The van der Waals surface area contributed by atoms with Crippen molar-refractivity contribution in [1.82, 2.24) is 0 Å². The predicted octanol–water partition coefficient (Wildman–Crippen LogP) is 4.41. The maximum absolute atomic E-state index is 12.3. The van der Waals surface area contributed by atoms with Gasteiger partial charge in [0.15, 0.2) is 0 Å². The van der Waals surface area contributed by atoms with Crippen LogP contribution in [0, 0.1) is 3.57 Å². The van der Waals surface area contributed by atoms with Crippen molar-refractivity contribution in [2.75, 3.05) is 5.32 Å². The molecular weight excluding hydrogens is 461 g/mol. The molecule has 4 nitrogen and oxygen atoms in total. The van der Waals surface area contributed by atoms with E-state index < -0.39 is 11.5 Å². The molecule has 0 saturated heterocycles. The highest BCUT2D eigenvalue weighted by Gasteiger charge is 2.14. The Morgan fingerprint density at radius 3 is 2.73 bits per heavy atom. The van der Waals surface area contributed by atoms with Gasteiger partial charge >= 0.3 is 5.63 Å². The molecule has 0 bridgehead atoms. The summed E-state index contributed by atoms with van der Waals surface area (Å²) in [4.78, 5) is 24.3. The van der Waals surface area contributed by atoms with Crippen molar-refractivity contribution in [3.63, 3.8) is 0 Å². The number of amides is 1.